The number of carboxylic acid groups (broad SMARTS) is 1. The highest BCUT2D eigenvalue weighted by atomic mass is 16.4. The normalized spacial score (nSPS) is 26.2. The number of imide groups is 1. The Balaban J connectivity index is 1.31. The van der Waals surface area contributed by atoms with Crippen LogP contribution in [-0.4, -0.2) is 28.8 Å². The highest BCUT2D eigenvalue weighted by Gasteiger charge is 2.59. The summed E-state index contributed by atoms with van der Waals surface area (Å²) < 4.78 is 0. The summed E-state index contributed by atoms with van der Waals surface area (Å²) in [6.45, 7) is 0. The second-order valence-electron chi connectivity index (χ2n) is 7.90. The van der Waals surface area contributed by atoms with Gasteiger partial charge in [0, 0.05) is 11.3 Å². The first-order chi connectivity index (χ1) is 14.4. The minimum absolute atomic E-state index is 0.130. The number of rotatable bonds is 4. The number of aromatic carboxylic acids is 1. The number of carbonyl (C=O) groups is 4. The third-order valence-corrected chi connectivity index (χ3v) is 6.25. The zero-order valence-corrected chi connectivity index (χ0v) is 15.8. The van der Waals surface area contributed by atoms with Crippen LogP contribution in [0.1, 0.15) is 27.1 Å². The molecule has 2 aliphatic carbocycles. The smallest absolute Gasteiger partial charge is 0.335 e. The zero-order chi connectivity index (χ0) is 21.0. The number of hydrogen-bond acceptors (Lipinski definition) is 4. The maximum atomic E-state index is 12.9. The van der Waals surface area contributed by atoms with E-state index in [9.17, 15) is 19.2 Å². The molecule has 3 aliphatic rings. The molecule has 1 aliphatic heterocycles. The fraction of sp³-hybridized carbons (Fsp3) is 0.217. The molecule has 150 valence electrons. The highest BCUT2D eigenvalue weighted by molar-refractivity contribution is 6.23. The average Bonchev–Trinajstić information content (AvgIpc) is 3.42. The van der Waals surface area contributed by atoms with Crippen LogP contribution < -0.4 is 10.2 Å². The molecule has 0 aromatic heterocycles. The summed E-state index contributed by atoms with van der Waals surface area (Å²) >= 11 is 0. The lowest BCUT2D eigenvalue weighted by atomic mass is 9.85. The van der Waals surface area contributed by atoms with Gasteiger partial charge in [-0.15, -0.1) is 0 Å². The summed E-state index contributed by atoms with van der Waals surface area (Å²) in [5, 5.41) is 11.6. The monoisotopic (exact) mass is 402 g/mol. The van der Waals surface area contributed by atoms with Gasteiger partial charge in [0.25, 0.3) is 5.91 Å². The van der Waals surface area contributed by atoms with Crippen molar-refractivity contribution in [3.05, 3.63) is 71.8 Å². The van der Waals surface area contributed by atoms with Gasteiger partial charge in [-0.25, -0.2) is 4.79 Å². The molecule has 2 bridgehead atoms. The predicted molar refractivity (Wildman–Crippen MR) is 108 cm³/mol. The van der Waals surface area contributed by atoms with Crippen molar-refractivity contribution in [3.63, 3.8) is 0 Å². The van der Waals surface area contributed by atoms with Crippen LogP contribution in [0.25, 0.3) is 0 Å². The number of benzene rings is 2. The second-order valence-corrected chi connectivity index (χ2v) is 7.90. The van der Waals surface area contributed by atoms with Crippen molar-refractivity contribution in [3.8, 4) is 0 Å². The first-order valence-electron chi connectivity index (χ1n) is 9.75. The Bertz CT molecular complexity index is 1070. The SMILES string of the molecule is O=C(O)c1ccc(NC(=O)c2ccc(N3C(=O)[C@H]4[C@H](C3=O)[C@@H]3C=C[C@@H]4C3)cc2)cc1. The van der Waals surface area contributed by atoms with Gasteiger partial charge in [-0.3, -0.25) is 19.3 Å². The molecule has 2 N–H and O–H groups in total. The first-order valence-corrected chi connectivity index (χ1v) is 9.75. The summed E-state index contributed by atoms with van der Waals surface area (Å²) in [5.41, 5.74) is 1.43. The van der Waals surface area contributed by atoms with Crippen LogP contribution in [0.5, 0.6) is 0 Å². The van der Waals surface area contributed by atoms with Gasteiger partial charge in [-0.05, 0) is 66.8 Å². The van der Waals surface area contributed by atoms with Crippen molar-refractivity contribution >= 4 is 35.1 Å². The van der Waals surface area contributed by atoms with Crippen molar-refractivity contribution in [2.24, 2.45) is 23.7 Å². The number of fused-ring (bicyclic) bond motifs is 5. The van der Waals surface area contributed by atoms with Gasteiger partial charge in [-0.1, -0.05) is 12.2 Å². The Morgan fingerprint density at radius 2 is 1.37 bits per heavy atom. The summed E-state index contributed by atoms with van der Waals surface area (Å²) in [6.07, 6.45) is 4.99. The molecule has 7 heteroatoms. The Morgan fingerprint density at radius 1 is 0.833 bits per heavy atom. The lowest BCUT2D eigenvalue weighted by Gasteiger charge is -2.17. The van der Waals surface area contributed by atoms with E-state index in [1.54, 1.807) is 24.3 Å². The highest BCUT2D eigenvalue weighted by Crippen LogP contribution is 2.53. The molecule has 0 spiro atoms. The molecule has 0 radical (unpaired) electrons. The van der Waals surface area contributed by atoms with E-state index < -0.39 is 5.97 Å². The van der Waals surface area contributed by atoms with Crippen LogP contribution in [0.3, 0.4) is 0 Å². The van der Waals surface area contributed by atoms with Crippen LogP contribution >= 0.6 is 0 Å². The molecule has 2 aromatic rings. The number of carbonyl (C=O) groups excluding carboxylic acids is 3. The molecule has 1 heterocycles. The number of carboxylic acids is 1. The Kier molecular flexibility index (Phi) is 4.06. The Labute approximate surface area is 172 Å². The van der Waals surface area contributed by atoms with E-state index in [0.717, 1.165) is 6.42 Å². The molecule has 1 saturated heterocycles. The first kappa shape index (κ1) is 18.3. The van der Waals surface area contributed by atoms with Crippen LogP contribution in [0.2, 0.25) is 0 Å². The minimum Gasteiger partial charge on any atom is -0.478 e. The molecule has 1 saturated carbocycles. The average molecular weight is 402 g/mol. The van der Waals surface area contributed by atoms with Crippen molar-refractivity contribution in [2.75, 3.05) is 10.2 Å². The van der Waals surface area contributed by atoms with E-state index in [2.05, 4.69) is 17.5 Å². The van der Waals surface area contributed by atoms with Crippen molar-refractivity contribution < 1.29 is 24.3 Å². The Hall–Kier alpha value is -3.74. The third-order valence-electron chi connectivity index (χ3n) is 6.25. The van der Waals surface area contributed by atoms with Gasteiger partial charge in [-0.2, -0.15) is 0 Å². The number of nitrogens with one attached hydrogen (secondary N) is 1. The fourth-order valence-corrected chi connectivity index (χ4v) is 4.82. The van der Waals surface area contributed by atoms with Crippen LogP contribution in [0, 0.1) is 23.7 Å². The molecule has 3 amide bonds. The molecular weight excluding hydrogens is 384 g/mol. The summed E-state index contributed by atoms with van der Waals surface area (Å²) in [5.74, 6) is -1.94. The summed E-state index contributed by atoms with van der Waals surface area (Å²) in [7, 11) is 0. The summed E-state index contributed by atoms with van der Waals surface area (Å²) in [4.78, 5) is 50.4. The van der Waals surface area contributed by atoms with Crippen LogP contribution in [-0.2, 0) is 9.59 Å². The van der Waals surface area contributed by atoms with E-state index in [4.69, 9.17) is 5.11 Å². The third kappa shape index (κ3) is 2.74. The zero-order valence-electron chi connectivity index (χ0n) is 15.8. The van der Waals surface area contributed by atoms with E-state index in [-0.39, 0.29) is 47.0 Å². The molecule has 30 heavy (non-hydrogen) atoms. The van der Waals surface area contributed by atoms with Crippen LogP contribution in [0.15, 0.2) is 60.7 Å². The van der Waals surface area contributed by atoms with Crippen molar-refractivity contribution in [1.82, 2.24) is 0 Å². The van der Waals surface area contributed by atoms with Gasteiger partial charge in [0.2, 0.25) is 11.8 Å². The van der Waals surface area contributed by atoms with Crippen molar-refractivity contribution in [1.29, 1.82) is 0 Å². The van der Waals surface area contributed by atoms with Gasteiger partial charge in [0.1, 0.15) is 0 Å². The van der Waals surface area contributed by atoms with E-state index >= 15 is 0 Å². The quantitative estimate of drug-likeness (QED) is 0.605. The number of amides is 3. The second kappa shape index (κ2) is 6.66. The number of nitrogens with zero attached hydrogens (tertiary/aromatic N) is 1. The molecule has 5 rings (SSSR count). The van der Waals surface area contributed by atoms with Crippen LogP contribution in [0.4, 0.5) is 11.4 Å². The molecule has 4 atom stereocenters. The van der Waals surface area contributed by atoms with Gasteiger partial charge in [0.15, 0.2) is 0 Å². The van der Waals surface area contributed by atoms with E-state index in [1.807, 2.05) is 0 Å². The molecule has 2 fully saturated rings. The summed E-state index contributed by atoms with van der Waals surface area (Å²) in [6, 6.07) is 12.2. The molecule has 7 nitrogen and oxygen atoms in total. The predicted octanol–water partition coefficient (Wildman–Crippen LogP) is 2.95. The molecule has 0 unspecified atom stereocenters. The fourth-order valence-electron chi connectivity index (χ4n) is 4.82. The lowest BCUT2D eigenvalue weighted by Crippen LogP contribution is -2.32. The standard InChI is InChI=1S/C23H18N2O5/c26-20(24-16-7-3-13(4-8-16)23(29)30)12-5-9-17(10-6-12)25-21(27)18-14-1-2-15(11-14)19(18)22(25)28/h1-10,14-15,18-19H,11H2,(H,24,26)(H,29,30)/t14-,15-,18-,19-/m1/s1. The van der Waals surface area contributed by atoms with Gasteiger partial charge < -0.3 is 10.4 Å². The van der Waals surface area contributed by atoms with Crippen molar-refractivity contribution in [2.45, 2.75) is 6.42 Å². The van der Waals surface area contributed by atoms with Gasteiger partial charge >= 0.3 is 5.97 Å². The lowest BCUT2D eigenvalue weighted by molar-refractivity contribution is -0.123. The largest absolute Gasteiger partial charge is 0.478 e. The van der Waals surface area contributed by atoms with Gasteiger partial charge in [0.05, 0.1) is 23.1 Å². The number of anilines is 2. The maximum Gasteiger partial charge on any atom is 0.335 e. The van der Waals surface area contributed by atoms with E-state index in [0.29, 0.717) is 16.9 Å². The van der Waals surface area contributed by atoms with E-state index in [1.165, 1.54) is 29.2 Å². The maximum absolute atomic E-state index is 12.9. The number of hydrogen-bond donors (Lipinski definition) is 2. The molecular formula is C23H18N2O5. The number of allylic oxidation sites excluding steroid dienone is 2. The minimum atomic E-state index is -1.04. The molecule has 2 aromatic carbocycles. The topological polar surface area (TPSA) is 104 Å². The Morgan fingerprint density at radius 3 is 1.90 bits per heavy atom.